The molecule has 128 valence electrons. The minimum atomic E-state index is -4.17. The van der Waals surface area contributed by atoms with E-state index in [0.717, 1.165) is 23.5 Å². The third kappa shape index (κ3) is 3.64. The number of sulfonamides is 1. The van der Waals surface area contributed by atoms with Gasteiger partial charge in [-0.3, -0.25) is 14.8 Å². The number of benzene rings is 2. The summed E-state index contributed by atoms with van der Waals surface area (Å²) >= 11 is 1.02. The molecule has 0 unspecified atom stereocenters. The molecule has 0 saturated carbocycles. The maximum absolute atomic E-state index is 13.0. The van der Waals surface area contributed by atoms with Crippen molar-refractivity contribution in [3.05, 3.63) is 69.8 Å². The Labute approximate surface area is 146 Å². The molecule has 3 rings (SSSR count). The number of nitrogens with one attached hydrogen (secondary N) is 1. The molecule has 0 spiro atoms. The lowest BCUT2D eigenvalue weighted by Gasteiger charge is -2.05. The summed E-state index contributed by atoms with van der Waals surface area (Å²) in [6.07, 6.45) is 0. The molecular weight excluding hydrogens is 369 g/mol. The summed E-state index contributed by atoms with van der Waals surface area (Å²) in [5.41, 5.74) is 0.560. The zero-order valence-corrected chi connectivity index (χ0v) is 14.1. The minimum Gasteiger partial charge on any atom is -0.258 e. The van der Waals surface area contributed by atoms with E-state index >= 15 is 0 Å². The maximum atomic E-state index is 13.0. The van der Waals surface area contributed by atoms with E-state index in [-0.39, 0.29) is 5.13 Å². The Balaban J connectivity index is 1.90. The van der Waals surface area contributed by atoms with E-state index in [0.29, 0.717) is 11.3 Å². The van der Waals surface area contributed by atoms with Crippen molar-refractivity contribution in [2.75, 3.05) is 4.72 Å². The SMILES string of the molecule is O=[N+]([O-])c1ccccc1S(=O)(=O)Nc1nc(-c2ccc(F)cc2)cs1. The molecule has 0 amide bonds. The molecule has 1 heterocycles. The summed E-state index contributed by atoms with van der Waals surface area (Å²) in [6.45, 7) is 0. The molecule has 1 aromatic heterocycles. The molecule has 3 aromatic rings. The molecule has 0 aliphatic heterocycles. The molecule has 0 aliphatic rings. The van der Waals surface area contributed by atoms with Gasteiger partial charge in [0.2, 0.25) is 0 Å². The Morgan fingerprint density at radius 1 is 1.12 bits per heavy atom. The van der Waals surface area contributed by atoms with E-state index in [1.807, 2.05) is 0 Å². The van der Waals surface area contributed by atoms with Crippen molar-refractivity contribution >= 4 is 32.2 Å². The lowest BCUT2D eigenvalue weighted by atomic mass is 10.2. The van der Waals surface area contributed by atoms with E-state index in [9.17, 15) is 22.9 Å². The van der Waals surface area contributed by atoms with E-state index in [1.165, 1.54) is 36.4 Å². The van der Waals surface area contributed by atoms with Crippen LogP contribution in [0.2, 0.25) is 0 Å². The summed E-state index contributed by atoms with van der Waals surface area (Å²) < 4.78 is 40.0. The largest absolute Gasteiger partial charge is 0.289 e. The molecule has 0 radical (unpaired) electrons. The van der Waals surface area contributed by atoms with Crippen molar-refractivity contribution in [2.24, 2.45) is 0 Å². The van der Waals surface area contributed by atoms with Crippen molar-refractivity contribution < 1.29 is 17.7 Å². The predicted octanol–water partition coefficient (Wildman–Crippen LogP) is 3.66. The standard InChI is InChI=1S/C15H10FN3O4S2/c16-11-7-5-10(6-8-11)12-9-24-15(17-12)18-25(22,23)14-4-2-1-3-13(14)19(20)21/h1-9H,(H,17,18). The molecule has 0 saturated heterocycles. The molecular formula is C15H10FN3O4S2. The van der Waals surface area contributed by atoms with Crippen LogP contribution in [0.15, 0.2) is 58.8 Å². The van der Waals surface area contributed by atoms with Gasteiger partial charge in [0.05, 0.1) is 10.6 Å². The molecule has 0 bridgehead atoms. The number of hydrogen-bond donors (Lipinski definition) is 1. The molecule has 25 heavy (non-hydrogen) atoms. The fourth-order valence-electron chi connectivity index (χ4n) is 2.08. The highest BCUT2D eigenvalue weighted by atomic mass is 32.2. The number of nitro benzene ring substituents is 1. The summed E-state index contributed by atoms with van der Waals surface area (Å²) in [5, 5.41) is 12.7. The van der Waals surface area contributed by atoms with Gasteiger partial charge < -0.3 is 0 Å². The Morgan fingerprint density at radius 3 is 2.48 bits per heavy atom. The lowest BCUT2D eigenvalue weighted by Crippen LogP contribution is -2.14. The van der Waals surface area contributed by atoms with E-state index in [2.05, 4.69) is 9.71 Å². The number of hydrogen-bond acceptors (Lipinski definition) is 6. The van der Waals surface area contributed by atoms with Gasteiger partial charge in [-0.15, -0.1) is 11.3 Å². The van der Waals surface area contributed by atoms with Crippen LogP contribution in [-0.4, -0.2) is 18.3 Å². The van der Waals surface area contributed by atoms with Crippen LogP contribution in [0.3, 0.4) is 0 Å². The van der Waals surface area contributed by atoms with Crippen LogP contribution in [-0.2, 0) is 10.0 Å². The zero-order chi connectivity index (χ0) is 18.0. The van der Waals surface area contributed by atoms with Crippen molar-refractivity contribution in [1.82, 2.24) is 4.98 Å². The van der Waals surface area contributed by atoms with Gasteiger partial charge in [0.25, 0.3) is 15.7 Å². The Bertz CT molecular complexity index is 1030. The van der Waals surface area contributed by atoms with E-state index in [4.69, 9.17) is 0 Å². The van der Waals surface area contributed by atoms with Crippen LogP contribution in [0.4, 0.5) is 15.2 Å². The van der Waals surface area contributed by atoms with Crippen LogP contribution < -0.4 is 4.72 Å². The summed E-state index contributed by atoms with van der Waals surface area (Å²) in [7, 11) is -4.17. The number of thiazole rings is 1. The van der Waals surface area contributed by atoms with Gasteiger partial charge in [-0.05, 0) is 30.3 Å². The number of aromatic nitrogens is 1. The molecule has 0 aliphatic carbocycles. The van der Waals surface area contributed by atoms with Crippen LogP contribution >= 0.6 is 11.3 Å². The maximum Gasteiger partial charge on any atom is 0.289 e. The van der Waals surface area contributed by atoms with Gasteiger partial charge in [0, 0.05) is 17.0 Å². The van der Waals surface area contributed by atoms with E-state index < -0.39 is 31.3 Å². The summed E-state index contributed by atoms with van der Waals surface area (Å²) in [5.74, 6) is -0.392. The van der Waals surface area contributed by atoms with E-state index in [1.54, 1.807) is 5.38 Å². The minimum absolute atomic E-state index is 0.0532. The van der Waals surface area contributed by atoms with Crippen LogP contribution in [0.1, 0.15) is 0 Å². The number of para-hydroxylation sites is 1. The second-order valence-corrected chi connectivity index (χ2v) is 7.38. The Hall–Kier alpha value is -2.85. The van der Waals surface area contributed by atoms with Crippen molar-refractivity contribution in [2.45, 2.75) is 4.90 Å². The average molecular weight is 379 g/mol. The number of anilines is 1. The van der Waals surface area contributed by atoms with Gasteiger partial charge in [-0.2, -0.15) is 0 Å². The first-order valence-corrected chi connectivity index (χ1v) is 9.21. The van der Waals surface area contributed by atoms with Crippen molar-refractivity contribution in [1.29, 1.82) is 0 Å². The number of nitrogens with zero attached hydrogens (tertiary/aromatic N) is 2. The van der Waals surface area contributed by atoms with Crippen LogP contribution in [0.5, 0.6) is 0 Å². The molecule has 7 nitrogen and oxygen atoms in total. The van der Waals surface area contributed by atoms with Gasteiger partial charge in [-0.1, -0.05) is 12.1 Å². The van der Waals surface area contributed by atoms with Gasteiger partial charge in [-0.25, -0.2) is 17.8 Å². The second kappa shape index (κ2) is 6.57. The van der Waals surface area contributed by atoms with Crippen molar-refractivity contribution in [3.8, 4) is 11.3 Å². The molecule has 2 aromatic carbocycles. The third-order valence-corrected chi connectivity index (χ3v) is 5.49. The smallest absolute Gasteiger partial charge is 0.258 e. The monoisotopic (exact) mass is 379 g/mol. The molecule has 0 atom stereocenters. The second-order valence-electron chi connectivity index (χ2n) is 4.88. The van der Waals surface area contributed by atoms with Gasteiger partial charge in [0.15, 0.2) is 10.0 Å². The highest BCUT2D eigenvalue weighted by Gasteiger charge is 2.26. The summed E-state index contributed by atoms with van der Waals surface area (Å²) in [4.78, 5) is 13.9. The van der Waals surface area contributed by atoms with Crippen molar-refractivity contribution in [3.63, 3.8) is 0 Å². The normalized spacial score (nSPS) is 11.2. The Morgan fingerprint density at radius 2 is 1.80 bits per heavy atom. The van der Waals surface area contributed by atoms with Gasteiger partial charge >= 0.3 is 0 Å². The average Bonchev–Trinajstić information content (AvgIpc) is 3.03. The lowest BCUT2D eigenvalue weighted by molar-refractivity contribution is -0.387. The third-order valence-electron chi connectivity index (χ3n) is 3.22. The first kappa shape index (κ1) is 17.0. The zero-order valence-electron chi connectivity index (χ0n) is 12.4. The Kier molecular flexibility index (Phi) is 4.47. The molecule has 1 N–H and O–H groups in total. The summed E-state index contributed by atoms with van der Waals surface area (Å²) in [6, 6.07) is 10.6. The highest BCUT2D eigenvalue weighted by molar-refractivity contribution is 7.93. The van der Waals surface area contributed by atoms with Crippen LogP contribution in [0.25, 0.3) is 11.3 Å². The number of rotatable bonds is 5. The fourth-order valence-corrected chi connectivity index (χ4v) is 4.22. The fraction of sp³-hybridized carbons (Fsp3) is 0. The number of halogens is 1. The highest BCUT2D eigenvalue weighted by Crippen LogP contribution is 2.29. The predicted molar refractivity (Wildman–Crippen MR) is 91.4 cm³/mol. The first-order chi connectivity index (χ1) is 11.9. The van der Waals surface area contributed by atoms with Gasteiger partial charge in [0.1, 0.15) is 5.82 Å². The topological polar surface area (TPSA) is 102 Å². The molecule has 0 fully saturated rings. The van der Waals surface area contributed by atoms with Crippen LogP contribution in [0, 0.1) is 15.9 Å². The first-order valence-electron chi connectivity index (χ1n) is 6.84. The molecule has 10 heteroatoms. The number of nitro groups is 1. The quantitative estimate of drug-likeness (QED) is 0.538.